The Kier molecular flexibility index (Phi) is 5.24. The Labute approximate surface area is 96.9 Å². The highest BCUT2D eigenvalue weighted by Crippen LogP contribution is 2.21. The van der Waals surface area contributed by atoms with E-state index in [1.54, 1.807) is 6.92 Å². The van der Waals surface area contributed by atoms with Crippen LogP contribution in [0.4, 0.5) is 13.2 Å². The Balaban J connectivity index is 4.45. The molecule has 0 heterocycles. The van der Waals surface area contributed by atoms with Crippen LogP contribution in [0.15, 0.2) is 5.16 Å². The van der Waals surface area contributed by atoms with Gasteiger partial charge in [-0.25, -0.2) is 0 Å². The molecule has 0 aliphatic rings. The molecule has 4 N–H and O–H groups in total. The van der Waals surface area contributed by atoms with Gasteiger partial charge in [-0.3, -0.25) is 4.79 Å². The maximum Gasteiger partial charge on any atom is 0.389 e. The van der Waals surface area contributed by atoms with Gasteiger partial charge < -0.3 is 16.3 Å². The molecule has 1 atom stereocenters. The molecule has 0 spiro atoms. The van der Waals surface area contributed by atoms with E-state index in [0.717, 1.165) is 0 Å². The minimum Gasteiger partial charge on any atom is -0.409 e. The lowest BCUT2D eigenvalue weighted by atomic mass is 9.97. The first-order valence-electron chi connectivity index (χ1n) is 5.00. The van der Waals surface area contributed by atoms with Gasteiger partial charge in [-0.2, -0.15) is 13.2 Å². The summed E-state index contributed by atoms with van der Waals surface area (Å²) in [6, 6.07) is 0. The molecule has 5 nitrogen and oxygen atoms in total. The highest BCUT2D eigenvalue weighted by atomic mass is 19.4. The molecule has 0 aliphatic heterocycles. The van der Waals surface area contributed by atoms with Gasteiger partial charge in [0.15, 0.2) is 5.84 Å². The van der Waals surface area contributed by atoms with Gasteiger partial charge >= 0.3 is 6.18 Å². The third kappa shape index (κ3) is 5.41. The molecule has 0 saturated carbocycles. The number of nitrogens with one attached hydrogen (secondary N) is 1. The normalized spacial score (nSPS) is 16.4. The van der Waals surface area contributed by atoms with Gasteiger partial charge in [0.05, 0.1) is 12.0 Å². The van der Waals surface area contributed by atoms with Crippen LogP contribution in [0.3, 0.4) is 0 Å². The van der Waals surface area contributed by atoms with Crippen LogP contribution in [0.25, 0.3) is 0 Å². The number of amidine groups is 1. The minimum absolute atomic E-state index is 0.250. The topological polar surface area (TPSA) is 87.7 Å². The number of rotatable bonds is 5. The molecular formula is C9H16F3N3O2. The Bertz CT molecular complexity index is 304. The molecule has 0 aromatic carbocycles. The highest BCUT2D eigenvalue weighted by molar-refractivity contribution is 5.93. The Morgan fingerprint density at radius 2 is 2.00 bits per heavy atom. The number of amides is 1. The van der Waals surface area contributed by atoms with Crippen molar-refractivity contribution in [2.75, 3.05) is 0 Å². The van der Waals surface area contributed by atoms with E-state index in [2.05, 4.69) is 10.5 Å². The molecule has 0 radical (unpaired) electrons. The summed E-state index contributed by atoms with van der Waals surface area (Å²) in [7, 11) is 0. The zero-order chi connectivity index (χ0) is 13.7. The summed E-state index contributed by atoms with van der Waals surface area (Å²) >= 11 is 0. The van der Waals surface area contributed by atoms with Crippen LogP contribution in [0.5, 0.6) is 0 Å². The number of hydrogen-bond acceptors (Lipinski definition) is 3. The van der Waals surface area contributed by atoms with Crippen molar-refractivity contribution < 1.29 is 23.2 Å². The molecule has 0 fully saturated rings. The van der Waals surface area contributed by atoms with Crippen molar-refractivity contribution in [2.24, 2.45) is 10.9 Å². The summed E-state index contributed by atoms with van der Waals surface area (Å²) in [5.74, 6) is -1.04. The number of carbonyl (C=O) groups excluding carboxylic acids is 1. The average Bonchev–Trinajstić information content (AvgIpc) is 2.24. The van der Waals surface area contributed by atoms with Crippen molar-refractivity contribution in [3.05, 3.63) is 0 Å². The number of hydrogen-bond donors (Lipinski definition) is 3. The molecule has 0 rings (SSSR count). The van der Waals surface area contributed by atoms with E-state index >= 15 is 0 Å². The van der Waals surface area contributed by atoms with Gasteiger partial charge in [0.25, 0.3) is 0 Å². The first-order chi connectivity index (χ1) is 7.64. The first kappa shape index (κ1) is 15.5. The molecule has 17 heavy (non-hydrogen) atoms. The second-order valence-corrected chi connectivity index (χ2v) is 3.83. The molecule has 100 valence electrons. The van der Waals surface area contributed by atoms with Gasteiger partial charge in [0, 0.05) is 6.42 Å². The lowest BCUT2D eigenvalue weighted by Crippen LogP contribution is -2.55. The van der Waals surface area contributed by atoms with E-state index in [9.17, 15) is 18.0 Å². The number of nitrogens with zero attached hydrogens (tertiary/aromatic N) is 1. The number of alkyl halides is 3. The van der Waals surface area contributed by atoms with Crippen molar-refractivity contribution in [1.82, 2.24) is 5.32 Å². The third-order valence-corrected chi connectivity index (χ3v) is 2.43. The van der Waals surface area contributed by atoms with Crippen molar-refractivity contribution in [3.63, 3.8) is 0 Å². The van der Waals surface area contributed by atoms with E-state index in [1.807, 2.05) is 0 Å². The fourth-order valence-corrected chi connectivity index (χ4v) is 1.07. The van der Waals surface area contributed by atoms with Gasteiger partial charge in [-0.1, -0.05) is 12.1 Å². The summed E-state index contributed by atoms with van der Waals surface area (Å²) in [6.45, 7) is 3.12. The van der Waals surface area contributed by atoms with E-state index in [1.165, 1.54) is 6.92 Å². The Morgan fingerprint density at radius 3 is 2.35 bits per heavy atom. The number of nitrogens with two attached hydrogens (primary N) is 1. The molecule has 1 unspecified atom stereocenters. The Hall–Kier alpha value is -1.47. The molecule has 0 bridgehead atoms. The summed E-state index contributed by atoms with van der Waals surface area (Å²) in [5, 5.41) is 13.6. The monoisotopic (exact) mass is 255 g/mol. The maximum atomic E-state index is 11.9. The van der Waals surface area contributed by atoms with Crippen LogP contribution in [0, 0.1) is 0 Å². The predicted octanol–water partition coefficient (Wildman–Crippen LogP) is 1.36. The second-order valence-electron chi connectivity index (χ2n) is 3.83. The van der Waals surface area contributed by atoms with Gasteiger partial charge in [0.1, 0.15) is 0 Å². The SMILES string of the molecule is CCC(C)(NC(=O)CCC(F)(F)F)/C(N)=N/O. The molecule has 0 aromatic heterocycles. The molecule has 0 aliphatic carbocycles. The second kappa shape index (κ2) is 5.74. The van der Waals surface area contributed by atoms with Crippen LogP contribution >= 0.6 is 0 Å². The van der Waals surface area contributed by atoms with Crippen LogP contribution in [0.1, 0.15) is 33.1 Å². The first-order valence-corrected chi connectivity index (χ1v) is 5.00. The fraction of sp³-hybridized carbons (Fsp3) is 0.778. The largest absolute Gasteiger partial charge is 0.409 e. The lowest BCUT2D eigenvalue weighted by Gasteiger charge is -2.28. The minimum atomic E-state index is -4.38. The summed E-state index contributed by atoms with van der Waals surface area (Å²) < 4.78 is 35.7. The molecular weight excluding hydrogens is 239 g/mol. The number of oxime groups is 1. The third-order valence-electron chi connectivity index (χ3n) is 2.43. The average molecular weight is 255 g/mol. The van der Waals surface area contributed by atoms with E-state index in [0.29, 0.717) is 6.42 Å². The van der Waals surface area contributed by atoms with Gasteiger partial charge in [-0.05, 0) is 13.3 Å². The zero-order valence-corrected chi connectivity index (χ0v) is 9.64. The van der Waals surface area contributed by atoms with Crippen LogP contribution in [-0.4, -0.2) is 28.7 Å². The zero-order valence-electron chi connectivity index (χ0n) is 9.64. The van der Waals surface area contributed by atoms with Crippen LogP contribution in [0.2, 0.25) is 0 Å². The van der Waals surface area contributed by atoms with E-state index < -0.39 is 30.5 Å². The predicted molar refractivity (Wildman–Crippen MR) is 55.5 cm³/mol. The van der Waals surface area contributed by atoms with Crippen molar-refractivity contribution in [2.45, 2.75) is 44.8 Å². The highest BCUT2D eigenvalue weighted by Gasteiger charge is 2.32. The van der Waals surface area contributed by atoms with Crippen LogP contribution < -0.4 is 11.1 Å². The van der Waals surface area contributed by atoms with Crippen LogP contribution in [-0.2, 0) is 4.79 Å². The van der Waals surface area contributed by atoms with Crippen molar-refractivity contribution in [1.29, 1.82) is 0 Å². The standard InChI is InChI=1S/C9H16F3N3O2/c1-3-8(2,7(13)15-17)14-6(16)4-5-9(10,11)12/h17H,3-5H2,1-2H3,(H2,13,15)(H,14,16). The van der Waals surface area contributed by atoms with Gasteiger partial charge in [-0.15, -0.1) is 0 Å². The lowest BCUT2D eigenvalue weighted by molar-refractivity contribution is -0.144. The molecule has 1 amide bonds. The van der Waals surface area contributed by atoms with Crippen molar-refractivity contribution >= 4 is 11.7 Å². The number of carbonyl (C=O) groups is 1. The van der Waals surface area contributed by atoms with Gasteiger partial charge in [0.2, 0.25) is 5.91 Å². The molecule has 8 heteroatoms. The summed E-state index contributed by atoms with van der Waals surface area (Å²) in [4.78, 5) is 11.3. The Morgan fingerprint density at radius 1 is 1.47 bits per heavy atom. The quantitative estimate of drug-likeness (QED) is 0.300. The van der Waals surface area contributed by atoms with Crippen molar-refractivity contribution in [3.8, 4) is 0 Å². The fourth-order valence-electron chi connectivity index (χ4n) is 1.07. The smallest absolute Gasteiger partial charge is 0.389 e. The maximum absolute atomic E-state index is 11.9. The summed E-state index contributed by atoms with van der Waals surface area (Å²) in [5.41, 5.74) is 4.21. The number of halogens is 3. The summed E-state index contributed by atoms with van der Waals surface area (Å²) in [6.07, 6.45) is -5.97. The molecule has 0 saturated heterocycles. The van der Waals surface area contributed by atoms with E-state index in [-0.39, 0.29) is 5.84 Å². The molecule has 0 aromatic rings. The van der Waals surface area contributed by atoms with E-state index in [4.69, 9.17) is 10.9 Å².